The number of carbonyl (C=O) groups is 2. The highest BCUT2D eigenvalue weighted by atomic mass is 35.5. The van der Waals surface area contributed by atoms with Crippen LogP contribution in [0.1, 0.15) is 49.5 Å². The van der Waals surface area contributed by atoms with E-state index in [-0.39, 0.29) is 54.2 Å². The van der Waals surface area contributed by atoms with Crippen molar-refractivity contribution in [1.29, 1.82) is 0 Å². The Bertz CT molecular complexity index is 1110. The minimum Gasteiger partial charge on any atom is -0.465 e. The van der Waals surface area contributed by atoms with Crippen LogP contribution in [0.15, 0.2) is 12.3 Å². The molecule has 0 radical (unpaired) electrons. The lowest BCUT2D eigenvalue weighted by atomic mass is 9.81. The van der Waals surface area contributed by atoms with Gasteiger partial charge in [0.25, 0.3) is 0 Å². The van der Waals surface area contributed by atoms with Gasteiger partial charge in [-0.15, -0.1) is 0 Å². The molecule has 1 saturated carbocycles. The molecule has 0 aromatic carbocycles. The van der Waals surface area contributed by atoms with Crippen LogP contribution in [-0.4, -0.2) is 50.3 Å². The molecule has 3 atom stereocenters. The maximum atomic E-state index is 13.6. The SMILES string of the molecule is O=C(O)NC(c1cn2nc(CC3C[C@H](C(F)(F)F)CNC3=O)c(Cl)cc2n1)C1CCC(F)(F)CC1. The van der Waals surface area contributed by atoms with Crippen LogP contribution in [0.5, 0.6) is 0 Å². The molecule has 1 aliphatic heterocycles. The largest absolute Gasteiger partial charge is 0.465 e. The lowest BCUT2D eigenvalue weighted by Gasteiger charge is -2.32. The standard InChI is InChI=1S/C21H23ClF5N5O3/c22-13-7-16-29-15(17(30-19(34)35)10-1-3-20(23,24)4-2-10)9-32(16)31-14(13)6-11-5-12(21(25,26)27)8-28-18(11)33/h7,9-12,17,30H,1-6,8H2,(H,28,33)(H,34,35)/t11?,12-,17?/m0/s1. The Kier molecular flexibility index (Phi) is 6.82. The van der Waals surface area contributed by atoms with Crippen LogP contribution in [0.25, 0.3) is 5.65 Å². The van der Waals surface area contributed by atoms with E-state index in [4.69, 9.17) is 11.6 Å². The zero-order valence-corrected chi connectivity index (χ0v) is 19.0. The summed E-state index contributed by atoms with van der Waals surface area (Å²) in [5, 5.41) is 18.3. The van der Waals surface area contributed by atoms with Gasteiger partial charge < -0.3 is 15.7 Å². The predicted octanol–water partition coefficient (Wildman–Crippen LogP) is 4.37. The highest BCUT2D eigenvalue weighted by Gasteiger charge is 2.45. The number of carboxylic acid groups (broad SMARTS) is 1. The molecule has 1 aliphatic carbocycles. The molecular weight excluding hydrogens is 501 g/mol. The summed E-state index contributed by atoms with van der Waals surface area (Å²) in [5.74, 6) is -6.36. The topological polar surface area (TPSA) is 109 Å². The van der Waals surface area contributed by atoms with Gasteiger partial charge in [-0.25, -0.2) is 23.1 Å². The summed E-state index contributed by atoms with van der Waals surface area (Å²) in [6.45, 7) is -0.477. The zero-order chi connectivity index (χ0) is 25.5. The number of piperidine rings is 1. The van der Waals surface area contributed by atoms with Crippen molar-refractivity contribution in [2.24, 2.45) is 17.8 Å². The average molecular weight is 524 g/mol. The Morgan fingerprint density at radius 1 is 1.34 bits per heavy atom. The van der Waals surface area contributed by atoms with Gasteiger partial charge in [-0.3, -0.25) is 4.79 Å². The fraction of sp³-hybridized carbons (Fsp3) is 0.619. The second-order valence-electron chi connectivity index (χ2n) is 9.15. The number of nitrogens with zero attached hydrogens (tertiary/aromatic N) is 3. The normalized spacial score (nSPS) is 24.2. The van der Waals surface area contributed by atoms with Crippen molar-refractivity contribution in [3.8, 4) is 0 Å². The summed E-state index contributed by atoms with van der Waals surface area (Å²) in [6.07, 6.45) is -5.39. The second-order valence-corrected chi connectivity index (χ2v) is 9.56. The monoisotopic (exact) mass is 523 g/mol. The molecule has 3 heterocycles. The van der Waals surface area contributed by atoms with Gasteiger partial charge in [-0.05, 0) is 25.2 Å². The molecule has 35 heavy (non-hydrogen) atoms. The highest BCUT2D eigenvalue weighted by Crippen LogP contribution is 2.41. The number of halogens is 6. The predicted molar refractivity (Wildman–Crippen MR) is 113 cm³/mol. The molecule has 4 rings (SSSR count). The lowest BCUT2D eigenvalue weighted by Crippen LogP contribution is -2.47. The van der Waals surface area contributed by atoms with Crippen LogP contribution in [-0.2, 0) is 11.2 Å². The number of hydrogen-bond acceptors (Lipinski definition) is 4. The van der Waals surface area contributed by atoms with E-state index in [0.717, 1.165) is 0 Å². The van der Waals surface area contributed by atoms with Crippen molar-refractivity contribution >= 4 is 29.2 Å². The van der Waals surface area contributed by atoms with E-state index in [1.54, 1.807) is 0 Å². The van der Waals surface area contributed by atoms with Crippen LogP contribution in [0.3, 0.4) is 0 Å². The van der Waals surface area contributed by atoms with Crippen LogP contribution >= 0.6 is 11.6 Å². The molecule has 0 bridgehead atoms. The summed E-state index contributed by atoms with van der Waals surface area (Å²) in [5.41, 5.74) is 0.690. The van der Waals surface area contributed by atoms with Gasteiger partial charge in [0, 0.05) is 37.8 Å². The highest BCUT2D eigenvalue weighted by molar-refractivity contribution is 6.31. The van der Waals surface area contributed by atoms with Crippen molar-refractivity contribution in [1.82, 2.24) is 25.2 Å². The molecule has 3 N–H and O–H groups in total. The smallest absolute Gasteiger partial charge is 0.405 e. The molecule has 2 unspecified atom stereocenters. The lowest BCUT2D eigenvalue weighted by molar-refractivity contribution is -0.183. The Morgan fingerprint density at radius 3 is 2.66 bits per heavy atom. The first-order chi connectivity index (χ1) is 16.3. The van der Waals surface area contributed by atoms with Crippen LogP contribution in [0.4, 0.5) is 26.7 Å². The molecule has 2 aliphatic rings. The van der Waals surface area contributed by atoms with E-state index in [1.165, 1.54) is 16.8 Å². The number of aromatic nitrogens is 3. The van der Waals surface area contributed by atoms with Crippen molar-refractivity contribution in [2.75, 3.05) is 6.54 Å². The first-order valence-corrected chi connectivity index (χ1v) is 11.5. The Hall–Kier alpha value is -2.70. The van der Waals surface area contributed by atoms with Gasteiger partial charge in [0.15, 0.2) is 5.65 Å². The third kappa shape index (κ3) is 5.76. The minimum atomic E-state index is -4.44. The molecule has 2 aromatic heterocycles. The van der Waals surface area contributed by atoms with Crippen LogP contribution in [0, 0.1) is 17.8 Å². The van der Waals surface area contributed by atoms with E-state index in [1.807, 2.05) is 0 Å². The van der Waals surface area contributed by atoms with E-state index < -0.39 is 60.9 Å². The fourth-order valence-corrected chi connectivity index (χ4v) is 4.98. The number of carbonyl (C=O) groups excluding carboxylic acids is 1. The maximum Gasteiger partial charge on any atom is 0.405 e. The number of fused-ring (bicyclic) bond motifs is 1. The minimum absolute atomic E-state index is 0.0941. The number of alkyl halides is 5. The van der Waals surface area contributed by atoms with Crippen molar-refractivity contribution in [3.63, 3.8) is 0 Å². The summed E-state index contributed by atoms with van der Waals surface area (Å²) in [4.78, 5) is 27.9. The maximum absolute atomic E-state index is 13.6. The summed E-state index contributed by atoms with van der Waals surface area (Å²) in [6, 6.07) is 0.562. The first-order valence-electron chi connectivity index (χ1n) is 11.1. The van der Waals surface area contributed by atoms with Crippen molar-refractivity contribution < 1.29 is 36.6 Å². The van der Waals surface area contributed by atoms with Gasteiger partial charge in [0.2, 0.25) is 11.8 Å². The number of nitrogens with one attached hydrogen (secondary N) is 2. The third-order valence-corrected chi connectivity index (χ3v) is 7.02. The van der Waals surface area contributed by atoms with E-state index in [2.05, 4.69) is 20.7 Å². The van der Waals surface area contributed by atoms with Gasteiger partial charge >= 0.3 is 12.3 Å². The van der Waals surface area contributed by atoms with Crippen LogP contribution in [0.2, 0.25) is 5.02 Å². The molecule has 2 aromatic rings. The van der Waals surface area contributed by atoms with Gasteiger partial charge in [0.1, 0.15) is 0 Å². The fourth-order valence-electron chi connectivity index (χ4n) is 4.77. The average Bonchev–Trinajstić information content (AvgIpc) is 3.15. The molecule has 192 valence electrons. The summed E-state index contributed by atoms with van der Waals surface area (Å²) in [7, 11) is 0. The molecular formula is C21H23ClF5N5O3. The van der Waals surface area contributed by atoms with E-state index in [0.29, 0.717) is 0 Å². The number of imidazole rings is 1. The van der Waals surface area contributed by atoms with Crippen molar-refractivity contribution in [2.45, 2.75) is 56.7 Å². The van der Waals surface area contributed by atoms with E-state index >= 15 is 0 Å². The molecule has 1 saturated heterocycles. The van der Waals surface area contributed by atoms with E-state index in [9.17, 15) is 36.6 Å². The summed E-state index contributed by atoms with van der Waals surface area (Å²) >= 11 is 6.29. The molecule has 8 nitrogen and oxygen atoms in total. The zero-order valence-electron chi connectivity index (χ0n) is 18.3. The quantitative estimate of drug-likeness (QED) is 0.504. The number of rotatable bonds is 5. The summed E-state index contributed by atoms with van der Waals surface area (Å²) < 4.78 is 67.9. The Labute approximate surface area is 201 Å². The molecule has 0 spiro atoms. The Morgan fingerprint density at radius 2 is 2.03 bits per heavy atom. The van der Waals surface area contributed by atoms with Gasteiger partial charge in [-0.1, -0.05) is 11.6 Å². The number of amides is 2. The Balaban J connectivity index is 1.58. The molecule has 2 fully saturated rings. The second kappa shape index (κ2) is 9.40. The van der Waals surface area contributed by atoms with Crippen molar-refractivity contribution in [3.05, 3.63) is 28.7 Å². The van der Waals surface area contributed by atoms with Crippen LogP contribution < -0.4 is 10.6 Å². The first kappa shape index (κ1) is 25.4. The third-order valence-electron chi connectivity index (χ3n) is 6.69. The van der Waals surface area contributed by atoms with Gasteiger partial charge in [0.05, 0.1) is 34.6 Å². The molecule has 14 heteroatoms. The molecule has 2 amide bonds. The number of hydrogen-bond donors (Lipinski definition) is 3. The van der Waals surface area contributed by atoms with Gasteiger partial charge in [-0.2, -0.15) is 18.3 Å².